The number of nitrogens with zero attached hydrogens (tertiary/aromatic N) is 3. The number of hydrogen-bond donors (Lipinski definition) is 0. The highest BCUT2D eigenvalue weighted by Gasteiger charge is 2.37. The van der Waals surface area contributed by atoms with Crippen LogP contribution in [0.15, 0.2) is 47.0 Å². The maximum atomic E-state index is 13.4. The Kier molecular flexibility index (Phi) is 5.81. The van der Waals surface area contributed by atoms with Crippen molar-refractivity contribution in [1.82, 2.24) is 15.0 Å². The molecule has 1 fully saturated rings. The highest BCUT2D eigenvalue weighted by Crippen LogP contribution is 2.33. The molecule has 2 amide bonds. The van der Waals surface area contributed by atoms with E-state index in [1.165, 1.54) is 17.0 Å². The second-order valence-corrected chi connectivity index (χ2v) is 8.13. The Morgan fingerprint density at radius 2 is 1.74 bits per heavy atom. The van der Waals surface area contributed by atoms with Gasteiger partial charge in [-0.05, 0) is 57.1 Å². The molecule has 0 saturated carbocycles. The maximum absolute atomic E-state index is 13.4. The zero-order chi connectivity index (χ0) is 20.8. The normalized spacial score (nSPS) is 18.3. The van der Waals surface area contributed by atoms with Crippen molar-refractivity contribution in [2.75, 3.05) is 19.6 Å². The van der Waals surface area contributed by atoms with Crippen LogP contribution in [0.25, 0.3) is 11.0 Å². The highest BCUT2D eigenvalue weighted by molar-refractivity contribution is 6.21. The van der Waals surface area contributed by atoms with Crippen LogP contribution in [-0.2, 0) is 0 Å². The summed E-state index contributed by atoms with van der Waals surface area (Å²) in [5.74, 6) is -0.501. The SMILES string of the molecule is CC(CN1C(=O)c2ccccc2C1=O)N1CCC(c2noc3cc(F)ccc23)CC1.Cl. The Balaban J connectivity index is 0.00000231. The topological polar surface area (TPSA) is 66.7 Å². The summed E-state index contributed by atoms with van der Waals surface area (Å²) in [5.41, 5.74) is 2.34. The van der Waals surface area contributed by atoms with Gasteiger partial charge in [0.05, 0.1) is 16.8 Å². The van der Waals surface area contributed by atoms with Crippen LogP contribution < -0.4 is 0 Å². The molecule has 1 aromatic heterocycles. The highest BCUT2D eigenvalue weighted by atomic mass is 35.5. The van der Waals surface area contributed by atoms with Crippen LogP contribution in [0.5, 0.6) is 0 Å². The molecule has 162 valence electrons. The van der Waals surface area contributed by atoms with E-state index in [0.29, 0.717) is 23.3 Å². The van der Waals surface area contributed by atoms with Crippen LogP contribution in [0.3, 0.4) is 0 Å². The average molecular weight is 444 g/mol. The van der Waals surface area contributed by atoms with Crippen molar-refractivity contribution in [3.05, 3.63) is 65.1 Å². The zero-order valence-electron chi connectivity index (χ0n) is 17.1. The van der Waals surface area contributed by atoms with Crippen LogP contribution >= 0.6 is 12.4 Å². The van der Waals surface area contributed by atoms with E-state index in [4.69, 9.17) is 4.52 Å². The minimum atomic E-state index is -0.331. The van der Waals surface area contributed by atoms with E-state index in [0.717, 1.165) is 37.0 Å². The lowest BCUT2D eigenvalue weighted by Crippen LogP contribution is -2.47. The quantitative estimate of drug-likeness (QED) is 0.564. The second kappa shape index (κ2) is 8.40. The standard InChI is InChI=1S/C23H22FN3O3.ClH/c1-14(13-27-22(28)17-4-2-3-5-18(17)23(27)29)26-10-8-15(9-11-26)21-19-7-6-16(24)12-20(19)30-25-21;/h2-7,12,14-15H,8-11,13H2,1H3;1H. The molecule has 1 unspecified atom stereocenters. The molecule has 6 nitrogen and oxygen atoms in total. The van der Waals surface area contributed by atoms with E-state index >= 15 is 0 Å². The van der Waals surface area contributed by atoms with Gasteiger partial charge in [-0.1, -0.05) is 17.3 Å². The Labute approximate surface area is 185 Å². The van der Waals surface area contributed by atoms with Crippen LogP contribution in [0.2, 0.25) is 0 Å². The molecule has 0 N–H and O–H groups in total. The molecule has 2 aliphatic rings. The van der Waals surface area contributed by atoms with Gasteiger partial charge >= 0.3 is 0 Å². The van der Waals surface area contributed by atoms with E-state index in [1.807, 2.05) is 0 Å². The van der Waals surface area contributed by atoms with Gasteiger partial charge in [0, 0.05) is 30.0 Å². The van der Waals surface area contributed by atoms with Gasteiger partial charge in [-0.3, -0.25) is 19.4 Å². The van der Waals surface area contributed by atoms with Gasteiger partial charge < -0.3 is 4.52 Å². The molecule has 0 spiro atoms. The van der Waals surface area contributed by atoms with Crippen LogP contribution in [-0.4, -0.2) is 52.4 Å². The van der Waals surface area contributed by atoms with Gasteiger partial charge in [0.2, 0.25) is 0 Å². The van der Waals surface area contributed by atoms with Crippen molar-refractivity contribution in [3.8, 4) is 0 Å². The van der Waals surface area contributed by atoms with Gasteiger partial charge in [-0.25, -0.2) is 4.39 Å². The molecule has 0 aliphatic carbocycles. The molecular formula is C23H23ClFN3O3. The molecule has 0 bridgehead atoms. The van der Waals surface area contributed by atoms with E-state index in [-0.39, 0.29) is 42.0 Å². The number of halogens is 2. The molecule has 0 radical (unpaired) electrons. The summed E-state index contributed by atoms with van der Waals surface area (Å²) in [6.07, 6.45) is 1.79. The fourth-order valence-corrected chi connectivity index (χ4v) is 4.62. The number of benzene rings is 2. The smallest absolute Gasteiger partial charge is 0.261 e. The molecule has 1 saturated heterocycles. The average Bonchev–Trinajstić information content (AvgIpc) is 3.28. The number of rotatable bonds is 4. The lowest BCUT2D eigenvalue weighted by atomic mass is 9.91. The van der Waals surface area contributed by atoms with Crippen molar-refractivity contribution in [2.45, 2.75) is 31.7 Å². The molecule has 2 aromatic carbocycles. The molecule has 2 aliphatic heterocycles. The van der Waals surface area contributed by atoms with E-state index in [2.05, 4.69) is 17.0 Å². The van der Waals surface area contributed by atoms with E-state index in [9.17, 15) is 14.0 Å². The number of imide groups is 1. The van der Waals surface area contributed by atoms with Crippen LogP contribution in [0.4, 0.5) is 4.39 Å². The summed E-state index contributed by atoms with van der Waals surface area (Å²) in [5, 5.41) is 5.07. The lowest BCUT2D eigenvalue weighted by Gasteiger charge is -2.36. The first kappa shape index (κ1) is 21.5. The van der Waals surface area contributed by atoms with Gasteiger partial charge in [0.15, 0.2) is 5.58 Å². The van der Waals surface area contributed by atoms with Gasteiger partial charge in [0.25, 0.3) is 11.8 Å². The lowest BCUT2D eigenvalue weighted by molar-refractivity contribution is 0.0579. The number of carbonyl (C=O) groups is 2. The number of hydrogen-bond acceptors (Lipinski definition) is 5. The summed E-state index contributed by atoms with van der Waals surface area (Å²) in [4.78, 5) is 28.9. The first-order valence-electron chi connectivity index (χ1n) is 10.3. The fraction of sp³-hybridized carbons (Fsp3) is 0.348. The number of likely N-dealkylation sites (tertiary alicyclic amines) is 1. The number of carbonyl (C=O) groups excluding carboxylic acids is 2. The van der Waals surface area contributed by atoms with Crippen molar-refractivity contribution < 1.29 is 18.5 Å². The number of aromatic nitrogens is 1. The first-order chi connectivity index (χ1) is 14.5. The first-order valence-corrected chi connectivity index (χ1v) is 10.3. The summed E-state index contributed by atoms with van der Waals surface area (Å²) in [6.45, 7) is 4.11. The minimum absolute atomic E-state index is 0. The second-order valence-electron chi connectivity index (χ2n) is 8.13. The van der Waals surface area contributed by atoms with Gasteiger partial charge in [0.1, 0.15) is 5.82 Å². The molecule has 3 heterocycles. The molecule has 3 aromatic rings. The third kappa shape index (κ3) is 3.72. The number of fused-ring (bicyclic) bond motifs is 2. The van der Waals surface area contributed by atoms with Gasteiger partial charge in [-0.2, -0.15) is 0 Å². The van der Waals surface area contributed by atoms with Gasteiger partial charge in [-0.15, -0.1) is 12.4 Å². The van der Waals surface area contributed by atoms with Crippen LogP contribution in [0, 0.1) is 5.82 Å². The Hall–Kier alpha value is -2.77. The summed E-state index contributed by atoms with van der Waals surface area (Å²) in [6, 6.07) is 11.6. The minimum Gasteiger partial charge on any atom is -0.356 e. The Bertz CT molecular complexity index is 1110. The van der Waals surface area contributed by atoms with Crippen molar-refractivity contribution in [2.24, 2.45) is 0 Å². The van der Waals surface area contributed by atoms with Crippen LogP contribution in [0.1, 0.15) is 52.1 Å². The third-order valence-electron chi connectivity index (χ3n) is 6.33. The van der Waals surface area contributed by atoms with Crippen molar-refractivity contribution in [3.63, 3.8) is 0 Å². The van der Waals surface area contributed by atoms with E-state index < -0.39 is 0 Å². The summed E-state index contributed by atoms with van der Waals surface area (Å²) < 4.78 is 18.7. The molecule has 1 atom stereocenters. The number of piperidine rings is 1. The van der Waals surface area contributed by atoms with E-state index in [1.54, 1.807) is 30.3 Å². The Morgan fingerprint density at radius 1 is 1.10 bits per heavy atom. The third-order valence-corrected chi connectivity index (χ3v) is 6.33. The molecular weight excluding hydrogens is 421 g/mol. The number of amides is 2. The summed E-state index contributed by atoms with van der Waals surface area (Å²) in [7, 11) is 0. The van der Waals surface area contributed by atoms with Crippen molar-refractivity contribution >= 4 is 35.2 Å². The predicted octanol–water partition coefficient (Wildman–Crippen LogP) is 4.25. The molecule has 8 heteroatoms. The molecule has 5 rings (SSSR count). The zero-order valence-corrected chi connectivity index (χ0v) is 17.9. The summed E-state index contributed by atoms with van der Waals surface area (Å²) >= 11 is 0. The fourth-order valence-electron chi connectivity index (χ4n) is 4.62. The Morgan fingerprint density at radius 3 is 2.39 bits per heavy atom. The molecule has 31 heavy (non-hydrogen) atoms. The maximum Gasteiger partial charge on any atom is 0.261 e. The monoisotopic (exact) mass is 443 g/mol. The largest absolute Gasteiger partial charge is 0.356 e. The van der Waals surface area contributed by atoms with Crippen molar-refractivity contribution in [1.29, 1.82) is 0 Å². The predicted molar refractivity (Wildman–Crippen MR) is 116 cm³/mol.